The summed E-state index contributed by atoms with van der Waals surface area (Å²) in [4.78, 5) is 62.5. The van der Waals surface area contributed by atoms with Gasteiger partial charge in [-0.1, -0.05) is 335 Å². The Bertz CT molecular complexity index is 1630. The number of esters is 4. The minimum absolute atomic E-state index is 0.0350. The van der Waals surface area contributed by atoms with Gasteiger partial charge in [-0.2, -0.15) is 0 Å². The highest BCUT2D eigenvalue weighted by molar-refractivity contribution is 7.45. The van der Waals surface area contributed by atoms with Gasteiger partial charge in [0.1, 0.15) is 32.5 Å². The molecule has 0 bridgehead atoms. The lowest BCUT2D eigenvalue weighted by molar-refractivity contribution is -0.870. The third-order valence-corrected chi connectivity index (χ3v) is 18.6. The number of hydrogen-bond donors (Lipinski definition) is 1. The highest BCUT2D eigenvalue weighted by Crippen LogP contribution is 2.38. The molecule has 0 aliphatic rings. The normalized spacial score (nSPS) is 13.1. The summed E-state index contributed by atoms with van der Waals surface area (Å²) in [6, 6.07) is 0. The third-order valence-electron chi connectivity index (χ3n) is 17.6. The fraction of sp³-hybridized carbons (Fsp3) is 0.947. The van der Waals surface area contributed by atoms with Gasteiger partial charge in [-0.3, -0.25) is 23.7 Å². The smallest absolute Gasteiger partial charge is 0.306 e. The van der Waals surface area contributed by atoms with Gasteiger partial charge < -0.3 is 43.1 Å². The molecule has 0 aromatic carbocycles. The molecular formula is C75H147N2O12P. The lowest BCUT2D eigenvalue weighted by atomic mass is 10.0. The molecule has 0 aromatic rings. The SMILES string of the molecule is CCCCCCCCCCCCCCCC(=O)OC[C@H](COP(=O)([O-])OCC[N+](C)(C)C)OC(=O)CCCCCCCCCCCCCCCCCCCCCCCCCCCCCCC(=O)O[C@@H](CN)COC(=O)CCCCCCCCCCCCCCC. The molecule has 0 aliphatic heterocycles. The van der Waals surface area contributed by atoms with Gasteiger partial charge in [-0.25, -0.2) is 0 Å². The number of phosphoric ester groups is 1. The van der Waals surface area contributed by atoms with Crippen LogP contribution >= 0.6 is 7.82 Å². The maximum absolute atomic E-state index is 12.8. The molecule has 0 aromatic heterocycles. The standard InChI is InChI=1S/C75H147N2O12P/c1-6-8-10-12-14-16-18-36-40-44-48-52-56-60-72(78)84-67-70(66-76)88-74(80)62-58-54-50-46-42-38-34-32-30-28-26-24-22-20-21-23-25-27-29-31-33-35-39-43-47-51-55-59-63-75(81)89-71(69-87-90(82,83)86-65-64-77(3,4)5)68-85-73(79)61-57-53-49-45-41-37-19-17-15-13-11-9-7-2/h70-71H,6-69,76H2,1-5H3/t70-,71+/m0/s1. The molecule has 3 atom stereocenters. The molecule has 0 rings (SSSR count). The van der Waals surface area contributed by atoms with E-state index in [0.29, 0.717) is 30.3 Å². The number of quaternary nitrogens is 1. The second-order valence-corrected chi connectivity index (χ2v) is 29.2. The summed E-state index contributed by atoms with van der Waals surface area (Å²) in [6.45, 7) is 4.43. The number of nitrogens with zero attached hydrogens (tertiary/aromatic N) is 1. The summed E-state index contributed by atoms with van der Waals surface area (Å²) in [7, 11) is 1.16. The lowest BCUT2D eigenvalue weighted by Gasteiger charge is -2.28. The van der Waals surface area contributed by atoms with Crippen LogP contribution in [0.4, 0.5) is 0 Å². The molecule has 0 saturated heterocycles. The second kappa shape index (κ2) is 66.9. The Balaban J connectivity index is 3.80. The van der Waals surface area contributed by atoms with Crippen LogP contribution < -0.4 is 10.6 Å². The van der Waals surface area contributed by atoms with E-state index >= 15 is 0 Å². The molecule has 534 valence electrons. The monoisotopic (exact) mass is 1300 g/mol. The van der Waals surface area contributed by atoms with Crippen LogP contribution in [-0.4, -0.2) is 101 Å². The molecule has 0 fully saturated rings. The minimum Gasteiger partial charge on any atom is -0.756 e. The van der Waals surface area contributed by atoms with Crippen molar-refractivity contribution in [2.45, 2.75) is 398 Å². The first kappa shape index (κ1) is 87.9. The predicted octanol–water partition coefficient (Wildman–Crippen LogP) is 20.7. The Hall–Kier alpha value is -2.09. The molecule has 0 radical (unpaired) electrons. The number of ether oxygens (including phenoxy) is 4. The number of carbonyl (C=O) groups is 4. The number of likely N-dealkylation sites (N-methyl/N-ethyl adjacent to an activating group) is 1. The number of rotatable bonds is 73. The summed E-state index contributed by atoms with van der Waals surface area (Å²) in [5.41, 5.74) is 5.82. The lowest BCUT2D eigenvalue weighted by Crippen LogP contribution is -2.37. The van der Waals surface area contributed by atoms with E-state index in [4.69, 9.17) is 33.7 Å². The Kier molecular flexibility index (Phi) is 65.4. The Morgan fingerprint density at radius 3 is 0.800 bits per heavy atom. The molecule has 0 aliphatic carbocycles. The number of hydrogen-bond acceptors (Lipinski definition) is 13. The molecular weight excluding hydrogens is 1150 g/mol. The third kappa shape index (κ3) is 68.8. The number of phosphoric acid groups is 1. The summed E-state index contributed by atoms with van der Waals surface area (Å²) < 4.78 is 45.1. The van der Waals surface area contributed by atoms with Crippen molar-refractivity contribution in [2.24, 2.45) is 5.73 Å². The number of unbranched alkanes of at least 4 members (excludes halogenated alkanes) is 51. The molecule has 0 heterocycles. The predicted molar refractivity (Wildman–Crippen MR) is 372 cm³/mol. The van der Waals surface area contributed by atoms with E-state index < -0.39 is 32.6 Å². The fourth-order valence-electron chi connectivity index (χ4n) is 11.6. The molecule has 1 unspecified atom stereocenters. The maximum Gasteiger partial charge on any atom is 0.306 e. The Morgan fingerprint density at radius 2 is 0.556 bits per heavy atom. The van der Waals surface area contributed by atoms with E-state index in [9.17, 15) is 28.6 Å². The summed E-state index contributed by atoms with van der Waals surface area (Å²) in [5.74, 6) is -1.30. The van der Waals surface area contributed by atoms with Crippen LogP contribution in [0.25, 0.3) is 0 Å². The molecule has 2 N–H and O–H groups in total. The van der Waals surface area contributed by atoms with Gasteiger partial charge >= 0.3 is 23.9 Å². The van der Waals surface area contributed by atoms with Gasteiger partial charge in [0.15, 0.2) is 6.10 Å². The van der Waals surface area contributed by atoms with Gasteiger partial charge in [-0.05, 0) is 25.7 Å². The van der Waals surface area contributed by atoms with Crippen molar-refractivity contribution in [3.05, 3.63) is 0 Å². The van der Waals surface area contributed by atoms with E-state index in [1.54, 1.807) is 0 Å². The van der Waals surface area contributed by atoms with Crippen molar-refractivity contribution in [1.82, 2.24) is 0 Å². The summed E-state index contributed by atoms with van der Waals surface area (Å²) >= 11 is 0. The van der Waals surface area contributed by atoms with Crippen LogP contribution in [-0.2, 0) is 51.7 Å². The largest absolute Gasteiger partial charge is 0.756 e. The van der Waals surface area contributed by atoms with Crippen LogP contribution in [0.1, 0.15) is 386 Å². The zero-order chi connectivity index (χ0) is 66.0. The topological polar surface area (TPSA) is 190 Å². The van der Waals surface area contributed by atoms with Crippen LogP contribution in [0.5, 0.6) is 0 Å². The first-order chi connectivity index (χ1) is 43.7. The maximum atomic E-state index is 12.8. The summed E-state index contributed by atoms with van der Waals surface area (Å²) in [6.07, 6.45) is 66.9. The second-order valence-electron chi connectivity index (χ2n) is 27.8. The highest BCUT2D eigenvalue weighted by atomic mass is 31.2. The van der Waals surface area contributed by atoms with E-state index in [0.717, 1.165) is 70.6 Å². The minimum atomic E-state index is -4.64. The van der Waals surface area contributed by atoms with Crippen molar-refractivity contribution in [3.63, 3.8) is 0 Å². The van der Waals surface area contributed by atoms with Gasteiger partial charge in [0, 0.05) is 32.2 Å². The van der Waals surface area contributed by atoms with Crippen molar-refractivity contribution >= 4 is 31.7 Å². The molecule has 90 heavy (non-hydrogen) atoms. The van der Waals surface area contributed by atoms with Gasteiger partial charge in [0.05, 0.1) is 27.7 Å². The van der Waals surface area contributed by atoms with Crippen molar-refractivity contribution < 1.29 is 61.1 Å². The molecule has 0 amide bonds. The van der Waals surface area contributed by atoms with Crippen LogP contribution in [0, 0.1) is 0 Å². The quantitative estimate of drug-likeness (QED) is 0.0199. The first-order valence-corrected chi connectivity index (χ1v) is 40.0. The Labute approximate surface area is 555 Å². The zero-order valence-electron chi connectivity index (χ0n) is 59.8. The molecule has 15 heteroatoms. The summed E-state index contributed by atoms with van der Waals surface area (Å²) in [5, 5.41) is 0. The molecule has 0 saturated carbocycles. The van der Waals surface area contributed by atoms with Crippen LogP contribution in [0.2, 0.25) is 0 Å². The van der Waals surface area contributed by atoms with E-state index in [-0.39, 0.29) is 57.1 Å². The van der Waals surface area contributed by atoms with Crippen LogP contribution in [0.3, 0.4) is 0 Å². The Morgan fingerprint density at radius 1 is 0.333 bits per heavy atom. The van der Waals surface area contributed by atoms with Gasteiger partial charge in [0.25, 0.3) is 7.82 Å². The number of nitrogens with two attached hydrogens (primary N) is 1. The molecule has 0 spiro atoms. The first-order valence-electron chi connectivity index (χ1n) is 38.5. The fourth-order valence-corrected chi connectivity index (χ4v) is 12.3. The average Bonchev–Trinajstić information content (AvgIpc) is 3.44. The van der Waals surface area contributed by atoms with Crippen LogP contribution in [0.15, 0.2) is 0 Å². The van der Waals surface area contributed by atoms with E-state index in [2.05, 4.69) is 13.8 Å². The van der Waals surface area contributed by atoms with Crippen molar-refractivity contribution in [3.8, 4) is 0 Å². The molecule has 14 nitrogen and oxygen atoms in total. The van der Waals surface area contributed by atoms with Gasteiger partial charge in [-0.15, -0.1) is 0 Å². The van der Waals surface area contributed by atoms with Gasteiger partial charge in [0.2, 0.25) is 0 Å². The van der Waals surface area contributed by atoms with Crippen molar-refractivity contribution in [1.29, 1.82) is 0 Å². The van der Waals surface area contributed by atoms with E-state index in [1.807, 2.05) is 21.1 Å². The zero-order valence-corrected chi connectivity index (χ0v) is 60.7. The highest BCUT2D eigenvalue weighted by Gasteiger charge is 2.22. The van der Waals surface area contributed by atoms with Crippen molar-refractivity contribution in [2.75, 3.05) is 60.7 Å². The van der Waals surface area contributed by atoms with E-state index in [1.165, 1.54) is 270 Å². The average molecular weight is 1300 g/mol. The number of carbonyl (C=O) groups excluding carboxylic acids is 4.